The van der Waals surface area contributed by atoms with Gasteiger partial charge in [-0.05, 0) is 19.3 Å². The van der Waals surface area contributed by atoms with Crippen LogP contribution in [0.25, 0.3) is 0 Å². The molecule has 1 aliphatic rings. The van der Waals surface area contributed by atoms with Gasteiger partial charge in [0.15, 0.2) is 5.13 Å². The van der Waals surface area contributed by atoms with E-state index in [0.29, 0.717) is 10.7 Å². The number of thiazole rings is 1. The molecule has 1 aromatic heterocycles. The fourth-order valence-electron chi connectivity index (χ4n) is 2.57. The molecule has 1 aliphatic heterocycles. The minimum Gasteiger partial charge on any atom is -0.382 e. The highest BCUT2D eigenvalue weighted by atomic mass is 32.1. The van der Waals surface area contributed by atoms with Crippen LogP contribution in [0, 0.1) is 0 Å². The third kappa shape index (κ3) is 3.65. The highest BCUT2D eigenvalue weighted by Crippen LogP contribution is 2.31. The van der Waals surface area contributed by atoms with Crippen molar-refractivity contribution in [3.63, 3.8) is 0 Å². The fourth-order valence-corrected chi connectivity index (χ4v) is 3.56. The largest absolute Gasteiger partial charge is 0.382 e. The molecule has 0 radical (unpaired) electrons. The summed E-state index contributed by atoms with van der Waals surface area (Å²) in [4.78, 5) is 21.5. The first kappa shape index (κ1) is 16.0. The quantitative estimate of drug-likeness (QED) is 0.831. The molecular weight excluding hydrogens is 286 g/mol. The van der Waals surface area contributed by atoms with Gasteiger partial charge in [0, 0.05) is 32.2 Å². The van der Waals surface area contributed by atoms with Crippen LogP contribution in [0.5, 0.6) is 0 Å². The number of anilines is 2. The third-order valence-electron chi connectivity index (χ3n) is 3.61. The Morgan fingerprint density at radius 2 is 2.10 bits per heavy atom. The molecule has 1 fully saturated rings. The number of hydrogen-bond acceptors (Lipinski definition) is 6. The zero-order valence-corrected chi connectivity index (χ0v) is 13.7. The van der Waals surface area contributed by atoms with E-state index in [1.54, 1.807) is 0 Å². The summed E-state index contributed by atoms with van der Waals surface area (Å²) < 4.78 is 0. The number of carbonyl (C=O) groups is 1. The van der Waals surface area contributed by atoms with E-state index < -0.39 is 0 Å². The van der Waals surface area contributed by atoms with Crippen molar-refractivity contribution in [1.29, 1.82) is 0 Å². The molecule has 118 valence electrons. The van der Waals surface area contributed by atoms with Crippen molar-refractivity contribution in [3.8, 4) is 0 Å². The Kier molecular flexibility index (Phi) is 5.41. The normalized spacial score (nSPS) is 18.2. The summed E-state index contributed by atoms with van der Waals surface area (Å²) in [5.41, 5.74) is 11.9. The lowest BCUT2D eigenvalue weighted by Crippen LogP contribution is -2.32. The van der Waals surface area contributed by atoms with E-state index in [9.17, 15) is 4.79 Å². The molecule has 0 saturated carbocycles. The molecule has 1 amide bonds. The van der Waals surface area contributed by atoms with Gasteiger partial charge in [0.2, 0.25) is 0 Å². The lowest BCUT2D eigenvalue weighted by molar-refractivity contribution is 0.0761. The number of amides is 1. The van der Waals surface area contributed by atoms with Crippen molar-refractivity contribution in [2.24, 2.45) is 5.73 Å². The molecular formula is C14H25N5OS. The zero-order chi connectivity index (χ0) is 15.4. The van der Waals surface area contributed by atoms with E-state index >= 15 is 0 Å². The standard InChI is InChI=1S/C14H25N5OS/c1-3-6-18(7-4-2)13(20)11-12(16)17-14(21-11)19-8-5-10(15)9-19/h10H,3-9,15-16H2,1-2H3. The van der Waals surface area contributed by atoms with Crippen LogP contribution >= 0.6 is 11.3 Å². The van der Waals surface area contributed by atoms with E-state index in [0.717, 1.165) is 50.6 Å². The summed E-state index contributed by atoms with van der Waals surface area (Å²) in [7, 11) is 0. The van der Waals surface area contributed by atoms with Gasteiger partial charge in [-0.15, -0.1) is 0 Å². The number of rotatable bonds is 6. The number of carbonyl (C=O) groups excluding carboxylic acids is 1. The molecule has 1 saturated heterocycles. The summed E-state index contributed by atoms with van der Waals surface area (Å²) in [6.45, 7) is 7.33. The van der Waals surface area contributed by atoms with Crippen LogP contribution in [0.4, 0.5) is 10.9 Å². The van der Waals surface area contributed by atoms with E-state index in [2.05, 4.69) is 23.7 Å². The Balaban J connectivity index is 2.15. The summed E-state index contributed by atoms with van der Waals surface area (Å²) >= 11 is 1.39. The number of hydrogen-bond donors (Lipinski definition) is 2. The molecule has 1 atom stereocenters. The molecule has 1 unspecified atom stereocenters. The topological polar surface area (TPSA) is 88.5 Å². The first-order chi connectivity index (χ1) is 10.1. The lowest BCUT2D eigenvalue weighted by atomic mass is 10.3. The highest BCUT2D eigenvalue weighted by Gasteiger charge is 2.26. The van der Waals surface area contributed by atoms with Crippen LogP contribution in [0.1, 0.15) is 42.8 Å². The molecule has 1 aromatic rings. The maximum atomic E-state index is 12.6. The van der Waals surface area contributed by atoms with Crippen LogP contribution in [-0.4, -0.2) is 48.0 Å². The summed E-state index contributed by atoms with van der Waals surface area (Å²) in [5, 5.41) is 0.816. The Bertz CT molecular complexity index is 484. The number of nitrogens with two attached hydrogens (primary N) is 2. The van der Waals surface area contributed by atoms with Crippen LogP contribution in [0.3, 0.4) is 0 Å². The molecule has 2 rings (SSSR count). The summed E-state index contributed by atoms with van der Waals surface area (Å²) in [6, 6.07) is 0.186. The number of aromatic nitrogens is 1. The van der Waals surface area contributed by atoms with Gasteiger partial charge in [-0.25, -0.2) is 4.98 Å². The molecule has 2 heterocycles. The Morgan fingerprint density at radius 3 is 2.62 bits per heavy atom. The van der Waals surface area contributed by atoms with E-state index in [4.69, 9.17) is 11.5 Å². The van der Waals surface area contributed by atoms with Crippen molar-refractivity contribution in [2.45, 2.75) is 39.2 Å². The third-order valence-corrected chi connectivity index (χ3v) is 4.73. The Labute approximate surface area is 130 Å². The van der Waals surface area contributed by atoms with E-state index in [-0.39, 0.29) is 11.9 Å². The second-order valence-electron chi connectivity index (χ2n) is 5.50. The summed E-state index contributed by atoms with van der Waals surface area (Å²) in [6.07, 6.45) is 2.84. The smallest absolute Gasteiger partial charge is 0.267 e. The molecule has 0 aromatic carbocycles. The SMILES string of the molecule is CCCN(CCC)C(=O)c1sc(N2CCC(N)C2)nc1N. The van der Waals surface area contributed by atoms with Crippen molar-refractivity contribution in [2.75, 3.05) is 36.8 Å². The second-order valence-corrected chi connectivity index (χ2v) is 6.48. The van der Waals surface area contributed by atoms with Crippen molar-refractivity contribution in [1.82, 2.24) is 9.88 Å². The molecule has 0 bridgehead atoms. The molecule has 4 N–H and O–H groups in total. The average molecular weight is 311 g/mol. The Morgan fingerprint density at radius 1 is 1.43 bits per heavy atom. The van der Waals surface area contributed by atoms with Gasteiger partial charge in [0.05, 0.1) is 0 Å². The van der Waals surface area contributed by atoms with Gasteiger partial charge in [-0.1, -0.05) is 25.2 Å². The number of nitrogens with zero attached hydrogens (tertiary/aromatic N) is 3. The average Bonchev–Trinajstić information content (AvgIpc) is 3.04. The van der Waals surface area contributed by atoms with Crippen molar-refractivity contribution < 1.29 is 4.79 Å². The minimum atomic E-state index is 0.00319. The van der Waals surface area contributed by atoms with Gasteiger partial charge in [-0.2, -0.15) is 0 Å². The van der Waals surface area contributed by atoms with Crippen molar-refractivity contribution >= 4 is 28.2 Å². The van der Waals surface area contributed by atoms with Crippen LogP contribution in [-0.2, 0) is 0 Å². The second kappa shape index (κ2) is 7.09. The first-order valence-corrected chi connectivity index (χ1v) is 8.44. The fraction of sp³-hybridized carbons (Fsp3) is 0.714. The van der Waals surface area contributed by atoms with Gasteiger partial charge in [-0.3, -0.25) is 4.79 Å². The van der Waals surface area contributed by atoms with Gasteiger partial charge >= 0.3 is 0 Å². The van der Waals surface area contributed by atoms with Crippen molar-refractivity contribution in [3.05, 3.63) is 4.88 Å². The lowest BCUT2D eigenvalue weighted by Gasteiger charge is -2.20. The predicted molar refractivity (Wildman–Crippen MR) is 87.8 cm³/mol. The maximum Gasteiger partial charge on any atom is 0.267 e. The van der Waals surface area contributed by atoms with Crippen LogP contribution in [0.15, 0.2) is 0 Å². The molecule has 6 nitrogen and oxygen atoms in total. The van der Waals surface area contributed by atoms with E-state index in [1.165, 1.54) is 11.3 Å². The molecule has 21 heavy (non-hydrogen) atoms. The zero-order valence-electron chi connectivity index (χ0n) is 12.8. The minimum absolute atomic E-state index is 0.00319. The predicted octanol–water partition coefficient (Wildman–Crippen LogP) is 1.52. The van der Waals surface area contributed by atoms with Crippen LogP contribution < -0.4 is 16.4 Å². The van der Waals surface area contributed by atoms with E-state index in [1.807, 2.05) is 4.90 Å². The summed E-state index contributed by atoms with van der Waals surface area (Å²) in [5.74, 6) is 0.348. The molecule has 0 spiro atoms. The van der Waals surface area contributed by atoms with Gasteiger partial charge in [0.1, 0.15) is 10.7 Å². The van der Waals surface area contributed by atoms with Gasteiger partial charge in [0.25, 0.3) is 5.91 Å². The monoisotopic (exact) mass is 311 g/mol. The Hall–Kier alpha value is -1.34. The highest BCUT2D eigenvalue weighted by molar-refractivity contribution is 7.18. The number of nitrogen functional groups attached to an aromatic ring is 1. The van der Waals surface area contributed by atoms with Gasteiger partial charge < -0.3 is 21.3 Å². The maximum absolute atomic E-state index is 12.6. The first-order valence-electron chi connectivity index (χ1n) is 7.62. The molecule has 0 aliphatic carbocycles. The van der Waals surface area contributed by atoms with Crippen LogP contribution in [0.2, 0.25) is 0 Å². The molecule has 7 heteroatoms.